The Morgan fingerprint density at radius 1 is 1.00 bits per heavy atom. The molecule has 2 N–H and O–H groups in total. The van der Waals surface area contributed by atoms with Gasteiger partial charge in [0.1, 0.15) is 5.82 Å². The molecule has 1 saturated heterocycles. The first-order valence-electron chi connectivity index (χ1n) is 11.8. The van der Waals surface area contributed by atoms with E-state index >= 15 is 0 Å². The van der Waals surface area contributed by atoms with Crippen LogP contribution in [0, 0.1) is 11.7 Å². The van der Waals surface area contributed by atoms with Gasteiger partial charge in [0.25, 0.3) is 5.91 Å². The number of halogens is 1. The van der Waals surface area contributed by atoms with Crippen molar-refractivity contribution in [3.8, 4) is 0 Å². The SMILES string of the molecule is CCC(=O)Nc1ccc(N2CCN(C(=O)CC(C)C)CC2)c(C(=O)NCc2ccc(F)cc2)c1. The van der Waals surface area contributed by atoms with Crippen LogP contribution < -0.4 is 15.5 Å². The van der Waals surface area contributed by atoms with Gasteiger partial charge in [0.05, 0.1) is 5.56 Å². The second kappa shape index (κ2) is 11.6. The Bertz CT molecular complexity index is 1020. The second-order valence-corrected chi connectivity index (χ2v) is 8.91. The van der Waals surface area contributed by atoms with Crippen LogP contribution in [-0.2, 0) is 16.1 Å². The van der Waals surface area contributed by atoms with Gasteiger partial charge in [0, 0.05) is 56.9 Å². The molecule has 0 radical (unpaired) electrons. The number of hydrogen-bond donors (Lipinski definition) is 2. The van der Waals surface area contributed by atoms with E-state index in [-0.39, 0.29) is 30.1 Å². The molecule has 1 fully saturated rings. The largest absolute Gasteiger partial charge is 0.367 e. The lowest BCUT2D eigenvalue weighted by Crippen LogP contribution is -2.49. The summed E-state index contributed by atoms with van der Waals surface area (Å²) in [6.45, 7) is 8.49. The van der Waals surface area contributed by atoms with E-state index in [9.17, 15) is 18.8 Å². The molecule has 0 aromatic heterocycles. The number of nitrogens with one attached hydrogen (secondary N) is 2. The van der Waals surface area contributed by atoms with Gasteiger partial charge in [-0.2, -0.15) is 0 Å². The Labute approximate surface area is 200 Å². The number of amides is 3. The van der Waals surface area contributed by atoms with Gasteiger partial charge in [-0.3, -0.25) is 14.4 Å². The maximum atomic E-state index is 13.2. The van der Waals surface area contributed by atoms with Gasteiger partial charge in [-0.05, 0) is 41.8 Å². The molecule has 0 atom stereocenters. The quantitative estimate of drug-likeness (QED) is 0.618. The summed E-state index contributed by atoms with van der Waals surface area (Å²) in [7, 11) is 0. The summed E-state index contributed by atoms with van der Waals surface area (Å²) in [6.07, 6.45) is 0.864. The van der Waals surface area contributed by atoms with Crippen molar-refractivity contribution in [3.63, 3.8) is 0 Å². The number of hydrogen-bond acceptors (Lipinski definition) is 4. The average molecular weight is 469 g/mol. The summed E-state index contributed by atoms with van der Waals surface area (Å²) in [5.41, 5.74) is 2.53. The Morgan fingerprint density at radius 3 is 2.29 bits per heavy atom. The average Bonchev–Trinajstić information content (AvgIpc) is 2.83. The van der Waals surface area contributed by atoms with Crippen LogP contribution in [0.4, 0.5) is 15.8 Å². The minimum atomic E-state index is -0.331. The molecule has 1 aliphatic rings. The highest BCUT2D eigenvalue weighted by Crippen LogP contribution is 2.26. The van der Waals surface area contributed by atoms with Gasteiger partial charge in [0.2, 0.25) is 11.8 Å². The van der Waals surface area contributed by atoms with Crippen molar-refractivity contribution in [3.05, 3.63) is 59.4 Å². The van der Waals surface area contributed by atoms with E-state index in [0.717, 1.165) is 11.3 Å². The first kappa shape index (κ1) is 25.2. The highest BCUT2D eigenvalue weighted by atomic mass is 19.1. The van der Waals surface area contributed by atoms with E-state index in [1.807, 2.05) is 24.8 Å². The minimum absolute atomic E-state index is 0.136. The molecule has 182 valence electrons. The predicted octanol–water partition coefficient (Wildman–Crippen LogP) is 3.80. The normalized spacial score (nSPS) is 13.7. The fraction of sp³-hybridized carbons (Fsp3) is 0.423. The third kappa shape index (κ3) is 6.79. The van der Waals surface area contributed by atoms with Gasteiger partial charge >= 0.3 is 0 Å². The summed E-state index contributed by atoms with van der Waals surface area (Å²) in [5.74, 6) is -0.284. The summed E-state index contributed by atoms with van der Waals surface area (Å²) >= 11 is 0. The summed E-state index contributed by atoms with van der Waals surface area (Å²) in [5, 5.41) is 5.70. The molecule has 0 spiro atoms. The molecular weight excluding hydrogens is 435 g/mol. The lowest BCUT2D eigenvalue weighted by Gasteiger charge is -2.37. The predicted molar refractivity (Wildman–Crippen MR) is 131 cm³/mol. The number of piperazine rings is 1. The number of nitrogens with zero attached hydrogens (tertiary/aromatic N) is 2. The zero-order valence-corrected chi connectivity index (χ0v) is 20.1. The summed E-state index contributed by atoms with van der Waals surface area (Å²) in [6, 6.07) is 11.3. The van der Waals surface area contributed by atoms with Crippen LogP contribution in [0.25, 0.3) is 0 Å². The van der Waals surface area contributed by atoms with E-state index in [2.05, 4.69) is 15.5 Å². The monoisotopic (exact) mass is 468 g/mol. The molecule has 2 aromatic rings. The molecule has 34 heavy (non-hydrogen) atoms. The van der Waals surface area contributed by atoms with Crippen LogP contribution in [0.3, 0.4) is 0 Å². The number of anilines is 2. The summed E-state index contributed by atoms with van der Waals surface area (Å²) in [4.78, 5) is 41.4. The Kier molecular flexibility index (Phi) is 8.62. The zero-order chi connectivity index (χ0) is 24.7. The Morgan fingerprint density at radius 2 is 1.68 bits per heavy atom. The number of carbonyl (C=O) groups is 3. The third-order valence-corrected chi connectivity index (χ3v) is 5.77. The molecule has 7 nitrogen and oxygen atoms in total. The molecule has 8 heteroatoms. The molecule has 1 aliphatic heterocycles. The van der Waals surface area contributed by atoms with Crippen molar-refractivity contribution in [1.29, 1.82) is 0 Å². The van der Waals surface area contributed by atoms with Crippen molar-refractivity contribution < 1.29 is 18.8 Å². The highest BCUT2D eigenvalue weighted by Gasteiger charge is 2.25. The maximum Gasteiger partial charge on any atom is 0.253 e. The van der Waals surface area contributed by atoms with Crippen molar-refractivity contribution in [2.75, 3.05) is 36.4 Å². The molecule has 0 unspecified atom stereocenters. The number of benzene rings is 2. The van der Waals surface area contributed by atoms with E-state index in [0.29, 0.717) is 56.2 Å². The first-order chi connectivity index (χ1) is 16.3. The molecule has 2 aromatic carbocycles. The molecule has 0 bridgehead atoms. The van der Waals surface area contributed by atoms with Crippen LogP contribution >= 0.6 is 0 Å². The van der Waals surface area contributed by atoms with Crippen LogP contribution in [0.2, 0.25) is 0 Å². The van der Waals surface area contributed by atoms with E-state index in [1.165, 1.54) is 12.1 Å². The first-order valence-corrected chi connectivity index (χ1v) is 11.8. The van der Waals surface area contributed by atoms with E-state index in [1.54, 1.807) is 31.2 Å². The van der Waals surface area contributed by atoms with Gasteiger partial charge in [-0.1, -0.05) is 32.9 Å². The topological polar surface area (TPSA) is 81.8 Å². The molecule has 3 rings (SSSR count). The standard InChI is InChI=1S/C26H33FN4O3/c1-4-24(32)29-21-9-10-23(30-11-13-31(14-12-30)25(33)15-18(2)3)22(16-21)26(34)28-17-19-5-7-20(27)8-6-19/h5-10,16,18H,4,11-15,17H2,1-3H3,(H,28,34)(H,29,32). The maximum absolute atomic E-state index is 13.2. The van der Waals surface area contributed by atoms with Crippen LogP contribution in [0.1, 0.15) is 49.5 Å². The van der Waals surface area contributed by atoms with E-state index in [4.69, 9.17) is 0 Å². The van der Waals surface area contributed by atoms with Crippen molar-refractivity contribution >= 4 is 29.1 Å². The van der Waals surface area contributed by atoms with Crippen molar-refractivity contribution in [2.24, 2.45) is 5.92 Å². The van der Waals surface area contributed by atoms with Gasteiger partial charge in [-0.15, -0.1) is 0 Å². The number of rotatable bonds is 8. The fourth-order valence-electron chi connectivity index (χ4n) is 3.88. The van der Waals surface area contributed by atoms with E-state index < -0.39 is 0 Å². The van der Waals surface area contributed by atoms with Crippen LogP contribution in [0.5, 0.6) is 0 Å². The Balaban J connectivity index is 1.76. The van der Waals surface area contributed by atoms with Gasteiger partial charge in [-0.25, -0.2) is 4.39 Å². The number of carbonyl (C=O) groups excluding carboxylic acids is 3. The fourth-order valence-corrected chi connectivity index (χ4v) is 3.88. The summed E-state index contributed by atoms with van der Waals surface area (Å²) < 4.78 is 13.2. The van der Waals surface area contributed by atoms with Crippen LogP contribution in [0.15, 0.2) is 42.5 Å². The Hall–Kier alpha value is -3.42. The third-order valence-electron chi connectivity index (χ3n) is 5.77. The lowest BCUT2D eigenvalue weighted by atomic mass is 10.1. The van der Waals surface area contributed by atoms with Gasteiger partial charge in [0.15, 0.2) is 0 Å². The molecule has 3 amide bonds. The highest BCUT2D eigenvalue weighted by molar-refractivity contribution is 6.02. The second-order valence-electron chi connectivity index (χ2n) is 8.91. The molecule has 1 heterocycles. The zero-order valence-electron chi connectivity index (χ0n) is 20.1. The van der Waals surface area contributed by atoms with Crippen molar-refractivity contribution in [2.45, 2.75) is 40.2 Å². The minimum Gasteiger partial charge on any atom is -0.367 e. The molecular formula is C26H33FN4O3. The van der Waals surface area contributed by atoms with Crippen molar-refractivity contribution in [1.82, 2.24) is 10.2 Å². The van der Waals surface area contributed by atoms with Gasteiger partial charge < -0.3 is 20.4 Å². The smallest absolute Gasteiger partial charge is 0.253 e. The lowest BCUT2D eigenvalue weighted by molar-refractivity contribution is -0.132. The molecule has 0 saturated carbocycles. The van der Waals surface area contributed by atoms with Crippen LogP contribution in [-0.4, -0.2) is 48.8 Å². The molecule has 0 aliphatic carbocycles.